The van der Waals surface area contributed by atoms with Crippen LogP contribution in [0.1, 0.15) is 42.9 Å². The molecule has 0 saturated heterocycles. The molecule has 0 radical (unpaired) electrons. The van der Waals surface area contributed by atoms with Crippen LogP contribution in [0.4, 0.5) is 0 Å². The summed E-state index contributed by atoms with van der Waals surface area (Å²) in [5.41, 5.74) is 5.96. The van der Waals surface area contributed by atoms with E-state index in [0.29, 0.717) is 0 Å². The highest BCUT2D eigenvalue weighted by Gasteiger charge is 2.32. The summed E-state index contributed by atoms with van der Waals surface area (Å²) in [5, 5.41) is 3.17. The van der Waals surface area contributed by atoms with Gasteiger partial charge in [-0.15, -0.1) is 0 Å². The summed E-state index contributed by atoms with van der Waals surface area (Å²) in [7, 11) is 0. The molecule has 1 aliphatic heterocycles. The molecule has 0 saturated carbocycles. The lowest BCUT2D eigenvalue weighted by atomic mass is 9.84. The van der Waals surface area contributed by atoms with Crippen molar-refractivity contribution in [3.05, 3.63) is 53.9 Å². The van der Waals surface area contributed by atoms with E-state index >= 15 is 0 Å². The normalized spacial score (nSPS) is 13.9. The number of amides is 1. The van der Waals surface area contributed by atoms with Crippen LogP contribution in [-0.4, -0.2) is 15.9 Å². The summed E-state index contributed by atoms with van der Waals surface area (Å²) in [6, 6.07) is 11.6. The molecule has 0 aromatic carbocycles. The molecular formula is C19H19N3O. The van der Waals surface area contributed by atoms with Crippen LogP contribution in [0.5, 0.6) is 0 Å². The monoisotopic (exact) mass is 305 g/mol. The first-order valence-corrected chi connectivity index (χ1v) is 7.83. The molecule has 3 aliphatic rings. The van der Waals surface area contributed by atoms with Crippen molar-refractivity contribution in [3.63, 3.8) is 0 Å². The number of aromatic amines is 1. The maximum Gasteiger partial charge on any atom is 0.252 e. The van der Waals surface area contributed by atoms with Gasteiger partial charge in [-0.3, -0.25) is 9.78 Å². The predicted molar refractivity (Wildman–Crippen MR) is 90.3 cm³/mol. The Morgan fingerprint density at radius 3 is 2.70 bits per heavy atom. The number of pyridine rings is 2. The standard InChI is InChI=1S/C19H19N3O/c1-19(2,3)17(14-6-4-5-9-20-14)22-18(23)12-8-7-11-13(12)10-15-16(11)21-15/h4-10,17,21H,1-3H3,(H,22,23)/t17-/m1/s1. The summed E-state index contributed by atoms with van der Waals surface area (Å²) in [4.78, 5) is 20.5. The molecule has 2 heterocycles. The lowest BCUT2D eigenvalue weighted by Gasteiger charge is -2.31. The highest BCUT2D eigenvalue weighted by atomic mass is 16.1. The summed E-state index contributed by atoms with van der Waals surface area (Å²) in [5.74, 6) is -0.0458. The molecule has 2 aliphatic carbocycles. The molecule has 23 heavy (non-hydrogen) atoms. The Kier molecular flexibility index (Phi) is 2.85. The van der Waals surface area contributed by atoms with Crippen LogP contribution in [-0.2, 0) is 0 Å². The summed E-state index contributed by atoms with van der Waals surface area (Å²) in [6.07, 6.45) is 1.76. The minimum atomic E-state index is -0.142. The van der Waals surface area contributed by atoms with Gasteiger partial charge in [-0.1, -0.05) is 32.9 Å². The largest absolute Gasteiger partial charge is 0.352 e. The molecule has 4 heteroatoms. The molecule has 0 unspecified atom stereocenters. The Hall–Kier alpha value is -2.62. The molecule has 1 aromatic rings. The van der Waals surface area contributed by atoms with Crippen LogP contribution in [0.3, 0.4) is 0 Å². The van der Waals surface area contributed by atoms with Crippen molar-refractivity contribution >= 4 is 5.91 Å². The number of carbonyl (C=O) groups excluding carboxylic acids is 1. The van der Waals surface area contributed by atoms with E-state index in [1.54, 1.807) is 6.20 Å². The van der Waals surface area contributed by atoms with Crippen LogP contribution in [0.2, 0.25) is 0 Å². The number of fused-ring (bicyclic) bond motifs is 3. The number of hydrogen-bond acceptors (Lipinski definition) is 2. The number of hydrogen-bond donors (Lipinski definition) is 2. The van der Waals surface area contributed by atoms with Crippen molar-refractivity contribution in [1.82, 2.24) is 15.3 Å². The third-order valence-corrected chi connectivity index (χ3v) is 4.39. The zero-order valence-corrected chi connectivity index (χ0v) is 13.5. The lowest BCUT2D eigenvalue weighted by Crippen LogP contribution is -2.37. The van der Waals surface area contributed by atoms with Crippen LogP contribution in [0.25, 0.3) is 22.5 Å². The van der Waals surface area contributed by atoms with E-state index in [4.69, 9.17) is 0 Å². The molecule has 0 spiro atoms. The van der Waals surface area contributed by atoms with Crippen molar-refractivity contribution in [2.24, 2.45) is 5.41 Å². The number of nitrogens with one attached hydrogen (secondary N) is 2. The van der Waals surface area contributed by atoms with Gasteiger partial charge in [-0.2, -0.15) is 0 Å². The second-order valence-corrected chi connectivity index (χ2v) is 7.16. The highest BCUT2D eigenvalue weighted by Crippen LogP contribution is 2.45. The molecule has 116 valence electrons. The van der Waals surface area contributed by atoms with Crippen LogP contribution >= 0.6 is 0 Å². The molecular weight excluding hydrogens is 286 g/mol. The number of aromatic nitrogens is 2. The van der Waals surface area contributed by atoms with Gasteiger partial charge in [0, 0.05) is 17.3 Å². The molecule has 0 fully saturated rings. The van der Waals surface area contributed by atoms with E-state index in [-0.39, 0.29) is 17.4 Å². The number of nitrogens with zero attached hydrogens (tertiary/aromatic N) is 1. The van der Waals surface area contributed by atoms with Crippen molar-refractivity contribution in [1.29, 1.82) is 0 Å². The highest BCUT2D eigenvalue weighted by molar-refractivity contribution is 6.07. The maximum absolute atomic E-state index is 12.8. The van der Waals surface area contributed by atoms with Crippen molar-refractivity contribution in [2.75, 3.05) is 0 Å². The van der Waals surface area contributed by atoms with Gasteiger partial charge in [0.05, 0.1) is 23.1 Å². The molecule has 4 nitrogen and oxygen atoms in total. The Balaban J connectivity index is 1.64. The second kappa shape index (κ2) is 4.69. The van der Waals surface area contributed by atoms with Gasteiger partial charge in [0.15, 0.2) is 0 Å². The molecule has 4 rings (SSSR count). The SMILES string of the molecule is CC(C)(C)[C@H](NC(=O)c1ccc2c3[nH]c-3cc1-2)c1ccccn1. The Morgan fingerprint density at radius 1 is 1.17 bits per heavy atom. The number of rotatable bonds is 3. The molecule has 0 bridgehead atoms. The molecule has 2 N–H and O–H groups in total. The van der Waals surface area contributed by atoms with Crippen molar-refractivity contribution < 1.29 is 4.79 Å². The van der Waals surface area contributed by atoms with Gasteiger partial charge in [-0.25, -0.2) is 0 Å². The van der Waals surface area contributed by atoms with E-state index in [1.807, 2.05) is 36.4 Å². The predicted octanol–water partition coefficient (Wildman–Crippen LogP) is 4.01. The van der Waals surface area contributed by atoms with Gasteiger partial charge in [0.1, 0.15) is 0 Å². The third kappa shape index (κ3) is 2.31. The zero-order valence-electron chi connectivity index (χ0n) is 13.5. The quantitative estimate of drug-likeness (QED) is 0.601. The Labute approximate surface area is 135 Å². The summed E-state index contributed by atoms with van der Waals surface area (Å²) >= 11 is 0. The number of H-pyrrole nitrogens is 1. The fraction of sp³-hybridized carbons (Fsp3) is 0.263. The topological polar surface area (TPSA) is 57.8 Å². The minimum absolute atomic E-state index is 0.0458. The van der Waals surface area contributed by atoms with E-state index in [1.165, 1.54) is 0 Å². The smallest absolute Gasteiger partial charge is 0.252 e. The fourth-order valence-electron chi connectivity index (χ4n) is 3.12. The van der Waals surface area contributed by atoms with Crippen LogP contribution in [0.15, 0.2) is 42.6 Å². The molecule has 1 amide bonds. The van der Waals surface area contributed by atoms with E-state index < -0.39 is 0 Å². The molecule has 1 atom stereocenters. The average molecular weight is 305 g/mol. The van der Waals surface area contributed by atoms with Crippen LogP contribution < -0.4 is 5.32 Å². The summed E-state index contributed by atoms with van der Waals surface area (Å²) in [6.45, 7) is 6.33. The van der Waals surface area contributed by atoms with Gasteiger partial charge in [0.2, 0.25) is 0 Å². The maximum atomic E-state index is 12.8. The Morgan fingerprint density at radius 2 is 2.00 bits per heavy atom. The van der Waals surface area contributed by atoms with E-state index in [2.05, 4.69) is 36.1 Å². The number of carbonyl (C=O) groups is 1. The summed E-state index contributed by atoms with van der Waals surface area (Å²) < 4.78 is 0. The third-order valence-electron chi connectivity index (χ3n) is 4.39. The molecule has 1 aromatic heterocycles. The zero-order chi connectivity index (χ0) is 16.2. The first-order valence-electron chi connectivity index (χ1n) is 7.83. The first kappa shape index (κ1) is 14.0. The van der Waals surface area contributed by atoms with Crippen LogP contribution in [0, 0.1) is 5.41 Å². The van der Waals surface area contributed by atoms with Crippen molar-refractivity contribution in [3.8, 4) is 22.5 Å². The second-order valence-electron chi connectivity index (χ2n) is 7.16. The van der Waals surface area contributed by atoms with Gasteiger partial charge in [-0.05, 0) is 35.2 Å². The van der Waals surface area contributed by atoms with E-state index in [0.717, 1.165) is 33.8 Å². The van der Waals surface area contributed by atoms with Crippen molar-refractivity contribution in [2.45, 2.75) is 26.8 Å². The Bertz CT molecular complexity index is 858. The van der Waals surface area contributed by atoms with Gasteiger partial charge in [0.25, 0.3) is 5.91 Å². The lowest BCUT2D eigenvalue weighted by molar-refractivity contribution is 0.0900. The average Bonchev–Trinajstić information content (AvgIpc) is 2.99. The van der Waals surface area contributed by atoms with Gasteiger partial charge < -0.3 is 10.3 Å². The van der Waals surface area contributed by atoms with E-state index in [9.17, 15) is 4.79 Å². The first-order chi connectivity index (χ1) is 10.9. The minimum Gasteiger partial charge on any atom is -0.352 e. The van der Waals surface area contributed by atoms with Gasteiger partial charge >= 0.3 is 0 Å². The fourth-order valence-corrected chi connectivity index (χ4v) is 3.12.